The Morgan fingerprint density at radius 1 is 1.10 bits per heavy atom. The first kappa shape index (κ1) is 19.8. The lowest BCUT2D eigenvalue weighted by Gasteiger charge is -2.11. The molecule has 1 amide bonds. The van der Waals surface area contributed by atoms with Crippen LogP contribution >= 0.6 is 11.8 Å². The zero-order chi connectivity index (χ0) is 21.1. The maximum absolute atomic E-state index is 12.8. The molecule has 1 unspecified atom stereocenters. The van der Waals surface area contributed by atoms with Crippen molar-refractivity contribution in [3.05, 3.63) is 77.2 Å². The SMILES string of the molecule is COc1ccc(-[n+]2[nH]oc(=O)c2SC(C)C(=O)Nc2cccc3ccccc23)cc1. The molecule has 30 heavy (non-hydrogen) atoms. The summed E-state index contributed by atoms with van der Waals surface area (Å²) in [5.41, 5.74) is 0.876. The number of fused-ring (bicyclic) bond motifs is 1. The number of aromatic amines is 1. The van der Waals surface area contributed by atoms with Gasteiger partial charge < -0.3 is 10.1 Å². The van der Waals surface area contributed by atoms with Crippen molar-refractivity contribution < 1.29 is 18.7 Å². The van der Waals surface area contributed by atoms with Crippen LogP contribution in [0.1, 0.15) is 6.92 Å². The van der Waals surface area contributed by atoms with Crippen LogP contribution in [0.5, 0.6) is 5.75 Å². The van der Waals surface area contributed by atoms with Gasteiger partial charge in [-0.1, -0.05) is 36.4 Å². The Balaban J connectivity index is 1.55. The van der Waals surface area contributed by atoms with Crippen LogP contribution in [0.2, 0.25) is 0 Å². The monoisotopic (exact) mass is 422 g/mol. The molecule has 8 heteroatoms. The lowest BCUT2D eigenvalue weighted by molar-refractivity contribution is -0.704. The van der Waals surface area contributed by atoms with Crippen molar-refractivity contribution in [2.45, 2.75) is 17.2 Å². The van der Waals surface area contributed by atoms with E-state index in [1.807, 2.05) is 42.5 Å². The molecule has 1 atom stereocenters. The summed E-state index contributed by atoms with van der Waals surface area (Å²) in [5.74, 6) is 0.487. The Morgan fingerprint density at radius 3 is 2.60 bits per heavy atom. The van der Waals surface area contributed by atoms with Crippen molar-refractivity contribution in [3.8, 4) is 11.4 Å². The highest BCUT2D eigenvalue weighted by atomic mass is 32.2. The van der Waals surface area contributed by atoms with Gasteiger partial charge >= 0.3 is 10.7 Å². The van der Waals surface area contributed by atoms with E-state index in [1.165, 1.54) is 4.68 Å². The zero-order valence-electron chi connectivity index (χ0n) is 16.4. The summed E-state index contributed by atoms with van der Waals surface area (Å²) in [6.45, 7) is 1.75. The van der Waals surface area contributed by atoms with E-state index in [4.69, 9.17) is 9.26 Å². The Hall–Kier alpha value is -3.52. The molecule has 2 N–H and O–H groups in total. The number of carbonyl (C=O) groups is 1. The molecule has 152 valence electrons. The molecular weight excluding hydrogens is 402 g/mol. The fourth-order valence-electron chi connectivity index (χ4n) is 3.06. The van der Waals surface area contributed by atoms with Gasteiger partial charge in [-0.3, -0.25) is 9.32 Å². The summed E-state index contributed by atoms with van der Waals surface area (Å²) in [7, 11) is 1.58. The van der Waals surface area contributed by atoms with Gasteiger partial charge in [-0.25, -0.2) is 4.79 Å². The molecule has 0 radical (unpaired) electrons. The highest BCUT2D eigenvalue weighted by Gasteiger charge is 2.29. The second-order valence-electron chi connectivity index (χ2n) is 6.60. The van der Waals surface area contributed by atoms with E-state index in [9.17, 15) is 9.59 Å². The highest BCUT2D eigenvalue weighted by molar-refractivity contribution is 8.00. The number of H-pyrrole nitrogens is 1. The molecule has 4 aromatic rings. The Bertz CT molecular complexity index is 1240. The van der Waals surface area contributed by atoms with Gasteiger partial charge in [-0.05, 0) is 52.2 Å². The van der Waals surface area contributed by atoms with Crippen LogP contribution < -0.4 is 20.4 Å². The van der Waals surface area contributed by atoms with Crippen LogP contribution in [-0.2, 0) is 4.79 Å². The summed E-state index contributed by atoms with van der Waals surface area (Å²) >= 11 is 1.12. The third-order valence-corrected chi connectivity index (χ3v) is 5.78. The molecule has 0 bridgehead atoms. The lowest BCUT2D eigenvalue weighted by Crippen LogP contribution is -2.37. The molecule has 0 saturated carbocycles. The number of anilines is 1. The fraction of sp³-hybridized carbons (Fsp3) is 0.136. The third-order valence-electron chi connectivity index (χ3n) is 4.64. The molecule has 0 aliphatic rings. The number of rotatable bonds is 6. The molecule has 7 nitrogen and oxygen atoms in total. The van der Waals surface area contributed by atoms with Crippen LogP contribution in [0, 0.1) is 0 Å². The minimum atomic E-state index is -0.541. The molecule has 0 aliphatic heterocycles. The zero-order valence-corrected chi connectivity index (χ0v) is 17.2. The van der Waals surface area contributed by atoms with E-state index in [1.54, 1.807) is 38.3 Å². The van der Waals surface area contributed by atoms with Gasteiger partial charge in [0.1, 0.15) is 5.75 Å². The molecule has 4 rings (SSSR count). The third kappa shape index (κ3) is 3.95. The van der Waals surface area contributed by atoms with Crippen molar-refractivity contribution >= 4 is 34.1 Å². The summed E-state index contributed by atoms with van der Waals surface area (Å²) in [6.07, 6.45) is 0. The molecule has 0 saturated heterocycles. The number of hydrogen-bond donors (Lipinski definition) is 2. The van der Waals surface area contributed by atoms with Crippen LogP contribution in [-0.4, -0.2) is 23.5 Å². The Labute approximate surface area is 176 Å². The van der Waals surface area contributed by atoms with Gasteiger partial charge in [-0.2, -0.15) is 0 Å². The summed E-state index contributed by atoms with van der Waals surface area (Å²) < 4.78 is 11.6. The van der Waals surface area contributed by atoms with Gasteiger partial charge in [0.2, 0.25) is 11.6 Å². The molecule has 1 aromatic heterocycles. The van der Waals surface area contributed by atoms with E-state index in [0.717, 1.165) is 28.2 Å². The maximum Gasteiger partial charge on any atom is 0.442 e. The van der Waals surface area contributed by atoms with E-state index in [2.05, 4.69) is 10.6 Å². The number of carbonyl (C=O) groups excluding carboxylic acids is 1. The second kappa shape index (κ2) is 8.46. The Kier molecular flexibility index (Phi) is 5.58. The number of thioether (sulfide) groups is 1. The number of methoxy groups -OCH3 is 1. The number of nitrogens with zero attached hydrogens (tertiary/aromatic N) is 1. The maximum atomic E-state index is 12.8. The lowest BCUT2D eigenvalue weighted by atomic mass is 10.1. The first-order valence-corrected chi connectivity index (χ1v) is 10.2. The van der Waals surface area contributed by atoms with Gasteiger partial charge in [0.15, 0.2) is 0 Å². The Morgan fingerprint density at radius 2 is 1.83 bits per heavy atom. The number of aromatic nitrogens is 2. The molecule has 1 heterocycles. The number of ether oxygens (including phenoxy) is 1. The fourth-order valence-corrected chi connectivity index (χ4v) is 3.94. The van der Waals surface area contributed by atoms with Crippen molar-refractivity contribution in [3.63, 3.8) is 0 Å². The number of hydrogen-bond acceptors (Lipinski definition) is 5. The first-order valence-electron chi connectivity index (χ1n) is 9.30. The van der Waals surface area contributed by atoms with E-state index >= 15 is 0 Å². The quantitative estimate of drug-likeness (QED) is 0.367. The van der Waals surface area contributed by atoms with Gasteiger partial charge in [0.25, 0.3) is 0 Å². The molecular formula is C22H20N3O4S+. The average molecular weight is 422 g/mol. The predicted molar refractivity (Wildman–Crippen MR) is 115 cm³/mol. The normalized spacial score (nSPS) is 11.9. The first-order chi connectivity index (χ1) is 14.6. The molecule has 0 fully saturated rings. The van der Waals surface area contributed by atoms with Gasteiger partial charge in [-0.15, -0.1) is 0 Å². The predicted octanol–water partition coefficient (Wildman–Crippen LogP) is 3.53. The standard InChI is InChI=1S/C22H19N3O4S/c1-14(20(26)23-19-9-5-7-15-6-3-4-8-18(15)19)30-21-22(27)29-24-25(21)16-10-12-17(28-2)13-11-16/h3-14H,1-2H3,(H-,23,24,26,27)/p+1. The van der Waals surface area contributed by atoms with Crippen molar-refractivity contribution in [2.24, 2.45) is 0 Å². The van der Waals surface area contributed by atoms with Crippen molar-refractivity contribution in [1.82, 2.24) is 5.27 Å². The van der Waals surface area contributed by atoms with Gasteiger partial charge in [0, 0.05) is 23.2 Å². The van der Waals surface area contributed by atoms with Crippen molar-refractivity contribution in [2.75, 3.05) is 12.4 Å². The topological polar surface area (TPSA) is 88.2 Å². The average Bonchev–Trinajstić information content (AvgIpc) is 3.14. The largest absolute Gasteiger partial charge is 0.497 e. The van der Waals surface area contributed by atoms with Crippen LogP contribution in [0.25, 0.3) is 16.5 Å². The summed E-state index contributed by atoms with van der Waals surface area (Å²) in [6, 6.07) is 20.7. The van der Waals surface area contributed by atoms with Crippen LogP contribution in [0.4, 0.5) is 5.69 Å². The minimum absolute atomic E-state index is 0.210. The number of benzene rings is 3. The van der Waals surface area contributed by atoms with Crippen molar-refractivity contribution in [1.29, 1.82) is 0 Å². The molecule has 0 spiro atoms. The smallest absolute Gasteiger partial charge is 0.442 e. The van der Waals surface area contributed by atoms with Crippen LogP contribution in [0.15, 0.2) is 81.1 Å². The summed E-state index contributed by atoms with van der Waals surface area (Å²) in [5, 5.41) is 7.29. The summed E-state index contributed by atoms with van der Waals surface area (Å²) in [4.78, 5) is 25.1. The molecule has 3 aromatic carbocycles. The van der Waals surface area contributed by atoms with Crippen LogP contribution in [0.3, 0.4) is 0 Å². The molecule has 0 aliphatic carbocycles. The van der Waals surface area contributed by atoms with E-state index in [0.29, 0.717) is 11.4 Å². The highest BCUT2D eigenvalue weighted by Crippen LogP contribution is 2.25. The van der Waals surface area contributed by atoms with E-state index < -0.39 is 10.9 Å². The second-order valence-corrected chi connectivity index (χ2v) is 7.92. The number of nitrogens with one attached hydrogen (secondary N) is 2. The number of amides is 1. The van der Waals surface area contributed by atoms with E-state index in [-0.39, 0.29) is 10.9 Å². The van der Waals surface area contributed by atoms with Gasteiger partial charge in [0.05, 0.1) is 12.4 Å². The minimum Gasteiger partial charge on any atom is -0.497 e.